The summed E-state index contributed by atoms with van der Waals surface area (Å²) in [6, 6.07) is 9.48. The first kappa shape index (κ1) is 15.7. The van der Waals surface area contributed by atoms with E-state index in [9.17, 15) is 4.79 Å². The number of benzene rings is 1. The van der Waals surface area contributed by atoms with E-state index in [1.165, 1.54) is 12.4 Å². The minimum Gasteiger partial charge on any atom is -0.481 e. The largest absolute Gasteiger partial charge is 0.481 e. The van der Waals surface area contributed by atoms with Crippen LogP contribution in [-0.2, 0) is 11.2 Å². The molecule has 2 aromatic heterocycles. The molecule has 0 bridgehead atoms. The zero-order valence-electron chi connectivity index (χ0n) is 12.0. The average Bonchev–Trinajstić information content (AvgIpc) is 2.52. The summed E-state index contributed by atoms with van der Waals surface area (Å²) in [6.07, 6.45) is 3.67. The Balaban J connectivity index is 2.00. The van der Waals surface area contributed by atoms with Crippen LogP contribution in [0.3, 0.4) is 0 Å². The molecule has 0 saturated heterocycles. The first-order valence-corrected chi connectivity index (χ1v) is 7.71. The van der Waals surface area contributed by atoms with Crippen LogP contribution in [0.2, 0.25) is 10.0 Å². The normalized spacial score (nSPS) is 10.9. The van der Waals surface area contributed by atoms with E-state index in [1.807, 2.05) is 30.3 Å². The standard InChI is InChI=1S/C17H12Cl2N2O2/c18-12-8-20-9-13(19)17(12)15-5-3-11-7-10(2-6-16(22)23)1-4-14(11)21-15/h1,3-5,7-9H,2,6H2,(H,22,23). The molecule has 3 aromatic rings. The molecule has 0 amide bonds. The van der Waals surface area contributed by atoms with Gasteiger partial charge in [0.05, 0.1) is 21.3 Å². The lowest BCUT2D eigenvalue weighted by atomic mass is 10.1. The Hall–Kier alpha value is -2.17. The number of carboxylic acids is 1. The summed E-state index contributed by atoms with van der Waals surface area (Å²) in [5.41, 5.74) is 3.09. The zero-order chi connectivity index (χ0) is 16.4. The van der Waals surface area contributed by atoms with Gasteiger partial charge in [0.15, 0.2) is 0 Å². The second-order valence-electron chi connectivity index (χ2n) is 5.10. The molecular formula is C17H12Cl2N2O2. The van der Waals surface area contributed by atoms with Crippen molar-refractivity contribution < 1.29 is 9.90 Å². The number of nitrogens with zero attached hydrogens (tertiary/aromatic N) is 2. The number of pyridine rings is 2. The summed E-state index contributed by atoms with van der Waals surface area (Å²) < 4.78 is 0. The maximum Gasteiger partial charge on any atom is 0.303 e. The van der Waals surface area contributed by atoms with Crippen molar-refractivity contribution in [3.05, 3.63) is 58.3 Å². The smallest absolute Gasteiger partial charge is 0.303 e. The van der Waals surface area contributed by atoms with Gasteiger partial charge in [0.25, 0.3) is 0 Å². The Morgan fingerprint density at radius 2 is 1.83 bits per heavy atom. The summed E-state index contributed by atoms with van der Waals surface area (Å²) in [7, 11) is 0. The Kier molecular flexibility index (Phi) is 4.46. The van der Waals surface area contributed by atoms with Crippen molar-refractivity contribution in [3.8, 4) is 11.3 Å². The summed E-state index contributed by atoms with van der Waals surface area (Å²) in [5.74, 6) is -0.805. The number of rotatable bonds is 4. The maximum absolute atomic E-state index is 10.7. The average molecular weight is 347 g/mol. The first-order valence-electron chi connectivity index (χ1n) is 6.95. The molecule has 0 radical (unpaired) electrons. The van der Waals surface area contributed by atoms with Crippen LogP contribution < -0.4 is 0 Å². The topological polar surface area (TPSA) is 63.1 Å². The number of hydrogen-bond donors (Lipinski definition) is 1. The molecule has 0 fully saturated rings. The summed E-state index contributed by atoms with van der Waals surface area (Å²) >= 11 is 12.3. The third-order valence-electron chi connectivity index (χ3n) is 3.49. The van der Waals surface area contributed by atoms with Crippen molar-refractivity contribution in [2.45, 2.75) is 12.8 Å². The van der Waals surface area contributed by atoms with Crippen LogP contribution in [0.4, 0.5) is 0 Å². The highest BCUT2D eigenvalue weighted by Gasteiger charge is 2.11. The quantitative estimate of drug-likeness (QED) is 0.748. The van der Waals surface area contributed by atoms with E-state index < -0.39 is 5.97 Å². The highest BCUT2D eigenvalue weighted by Crippen LogP contribution is 2.33. The number of aliphatic carboxylic acids is 1. The molecule has 0 unspecified atom stereocenters. The van der Waals surface area contributed by atoms with Crippen molar-refractivity contribution in [1.82, 2.24) is 9.97 Å². The predicted molar refractivity (Wildman–Crippen MR) is 91.0 cm³/mol. The van der Waals surface area contributed by atoms with Crippen molar-refractivity contribution >= 4 is 40.1 Å². The number of aryl methyl sites for hydroxylation is 1. The van der Waals surface area contributed by atoms with Crippen LogP contribution >= 0.6 is 23.2 Å². The van der Waals surface area contributed by atoms with Gasteiger partial charge >= 0.3 is 5.97 Å². The first-order chi connectivity index (χ1) is 11.0. The highest BCUT2D eigenvalue weighted by atomic mass is 35.5. The fraction of sp³-hybridized carbons (Fsp3) is 0.118. The van der Waals surface area contributed by atoms with E-state index in [-0.39, 0.29) is 6.42 Å². The van der Waals surface area contributed by atoms with Crippen molar-refractivity contribution in [1.29, 1.82) is 0 Å². The molecule has 23 heavy (non-hydrogen) atoms. The lowest BCUT2D eigenvalue weighted by molar-refractivity contribution is -0.136. The summed E-state index contributed by atoms with van der Waals surface area (Å²) in [6.45, 7) is 0. The molecule has 1 N–H and O–H groups in total. The second-order valence-corrected chi connectivity index (χ2v) is 5.91. The third kappa shape index (κ3) is 3.44. The molecule has 0 aliphatic rings. The molecule has 0 aliphatic heterocycles. The molecule has 0 saturated carbocycles. The van der Waals surface area contributed by atoms with E-state index in [0.29, 0.717) is 27.7 Å². The molecule has 3 rings (SSSR count). The van der Waals surface area contributed by atoms with Crippen molar-refractivity contribution in [3.63, 3.8) is 0 Å². The van der Waals surface area contributed by atoms with Gasteiger partial charge in [-0.3, -0.25) is 9.78 Å². The van der Waals surface area contributed by atoms with Crippen molar-refractivity contribution in [2.75, 3.05) is 0 Å². The number of carboxylic acid groups (broad SMARTS) is 1. The Labute approximate surface area is 142 Å². The van der Waals surface area contributed by atoms with E-state index >= 15 is 0 Å². The van der Waals surface area contributed by atoms with Gasteiger partial charge in [-0.1, -0.05) is 35.3 Å². The number of aromatic nitrogens is 2. The van der Waals surface area contributed by atoms with Gasteiger partial charge in [-0.2, -0.15) is 0 Å². The summed E-state index contributed by atoms with van der Waals surface area (Å²) in [4.78, 5) is 19.2. The number of halogens is 2. The maximum atomic E-state index is 10.7. The Bertz CT molecular complexity index is 877. The van der Waals surface area contributed by atoms with Gasteiger partial charge in [0.1, 0.15) is 0 Å². The lowest BCUT2D eigenvalue weighted by Crippen LogP contribution is -1.97. The van der Waals surface area contributed by atoms with E-state index in [4.69, 9.17) is 28.3 Å². The SMILES string of the molecule is O=C(O)CCc1ccc2nc(-c3c(Cl)cncc3Cl)ccc2c1. The van der Waals surface area contributed by atoms with Gasteiger partial charge in [-0.05, 0) is 30.2 Å². The minimum absolute atomic E-state index is 0.110. The Morgan fingerprint density at radius 3 is 2.52 bits per heavy atom. The lowest BCUT2D eigenvalue weighted by Gasteiger charge is -2.08. The van der Waals surface area contributed by atoms with Gasteiger partial charge in [-0.15, -0.1) is 0 Å². The second kappa shape index (κ2) is 6.52. The van der Waals surface area contributed by atoms with Crippen LogP contribution in [0.1, 0.15) is 12.0 Å². The third-order valence-corrected chi connectivity index (χ3v) is 4.06. The van der Waals surface area contributed by atoms with Gasteiger partial charge in [0, 0.05) is 29.8 Å². The Morgan fingerprint density at radius 1 is 1.09 bits per heavy atom. The van der Waals surface area contributed by atoms with E-state index in [2.05, 4.69) is 9.97 Å². The van der Waals surface area contributed by atoms with Crippen LogP contribution in [0.25, 0.3) is 22.2 Å². The number of fused-ring (bicyclic) bond motifs is 1. The molecule has 0 atom stereocenters. The molecule has 0 aliphatic carbocycles. The molecule has 6 heteroatoms. The summed E-state index contributed by atoms with van der Waals surface area (Å²) in [5, 5.41) is 10.6. The van der Waals surface area contributed by atoms with Crippen LogP contribution in [-0.4, -0.2) is 21.0 Å². The van der Waals surface area contributed by atoms with Crippen LogP contribution in [0.15, 0.2) is 42.7 Å². The van der Waals surface area contributed by atoms with Crippen molar-refractivity contribution in [2.24, 2.45) is 0 Å². The number of carbonyl (C=O) groups is 1. The molecule has 4 nitrogen and oxygen atoms in total. The van der Waals surface area contributed by atoms with Gasteiger partial charge in [-0.25, -0.2) is 4.98 Å². The van der Waals surface area contributed by atoms with Gasteiger partial charge < -0.3 is 5.11 Å². The monoisotopic (exact) mass is 346 g/mol. The zero-order valence-corrected chi connectivity index (χ0v) is 13.5. The molecule has 0 spiro atoms. The van der Waals surface area contributed by atoms with Crippen LogP contribution in [0.5, 0.6) is 0 Å². The fourth-order valence-electron chi connectivity index (χ4n) is 2.38. The molecule has 116 valence electrons. The van der Waals surface area contributed by atoms with Crippen LogP contribution in [0, 0.1) is 0 Å². The molecular weight excluding hydrogens is 335 g/mol. The predicted octanol–water partition coefficient (Wildman–Crippen LogP) is 4.62. The molecule has 2 heterocycles. The van der Waals surface area contributed by atoms with E-state index in [1.54, 1.807) is 0 Å². The molecule has 1 aromatic carbocycles. The fourth-order valence-corrected chi connectivity index (χ4v) is 2.94. The van der Waals surface area contributed by atoms with E-state index in [0.717, 1.165) is 16.5 Å². The van der Waals surface area contributed by atoms with Gasteiger partial charge in [0.2, 0.25) is 0 Å². The highest BCUT2D eigenvalue weighted by molar-refractivity contribution is 6.38. The number of hydrogen-bond acceptors (Lipinski definition) is 3. The minimum atomic E-state index is -0.805.